The van der Waals surface area contributed by atoms with Gasteiger partial charge in [-0.2, -0.15) is 8.78 Å². The fourth-order valence-corrected chi connectivity index (χ4v) is 2.64. The lowest BCUT2D eigenvalue weighted by molar-refractivity contribution is -0.129. The first-order valence-corrected chi connectivity index (χ1v) is 8.33. The molecule has 1 aliphatic heterocycles. The van der Waals surface area contributed by atoms with E-state index in [1.54, 1.807) is 12.1 Å². The minimum absolute atomic E-state index is 0.0118. The Morgan fingerprint density at radius 3 is 2.14 bits per heavy atom. The summed E-state index contributed by atoms with van der Waals surface area (Å²) < 4.78 is 49.8. The molecule has 0 fully saturated rings. The highest BCUT2D eigenvalue weighted by Crippen LogP contribution is 2.39. The molecule has 1 heterocycles. The summed E-state index contributed by atoms with van der Waals surface area (Å²) in [6.45, 7) is -2.91. The third-order valence-corrected chi connectivity index (χ3v) is 3.94. The first-order chi connectivity index (χ1) is 13.9. The van der Waals surface area contributed by atoms with Crippen molar-refractivity contribution in [2.45, 2.75) is 6.61 Å². The molecule has 0 amide bonds. The molecule has 0 spiro atoms. The molecule has 2 aromatic carbocycles. The van der Waals surface area contributed by atoms with Crippen molar-refractivity contribution in [1.29, 1.82) is 0 Å². The Morgan fingerprint density at radius 2 is 1.62 bits per heavy atom. The molecule has 9 heteroatoms. The van der Waals surface area contributed by atoms with Gasteiger partial charge in [-0.3, -0.25) is 0 Å². The number of benzene rings is 2. The van der Waals surface area contributed by atoms with Crippen LogP contribution in [0.4, 0.5) is 8.78 Å². The third-order valence-electron chi connectivity index (χ3n) is 3.94. The SMILES string of the molecule is COc1cc(C2=NC(=Cc3ccc(OC(F)F)cc3)C(=O)O2)cc(OC)c1OC. The molecule has 29 heavy (non-hydrogen) atoms. The molecule has 3 rings (SSSR count). The zero-order valence-electron chi connectivity index (χ0n) is 15.8. The predicted octanol–water partition coefficient (Wildman–Crippen LogP) is 3.66. The van der Waals surface area contributed by atoms with Gasteiger partial charge in [0.15, 0.2) is 17.2 Å². The van der Waals surface area contributed by atoms with E-state index in [1.807, 2.05) is 0 Å². The lowest BCUT2D eigenvalue weighted by Crippen LogP contribution is -2.06. The summed E-state index contributed by atoms with van der Waals surface area (Å²) in [5, 5.41) is 0. The summed E-state index contributed by atoms with van der Waals surface area (Å²) in [4.78, 5) is 16.4. The minimum atomic E-state index is -2.91. The van der Waals surface area contributed by atoms with Crippen LogP contribution in [0.2, 0.25) is 0 Å². The van der Waals surface area contributed by atoms with Crippen molar-refractivity contribution in [3.8, 4) is 23.0 Å². The summed E-state index contributed by atoms with van der Waals surface area (Å²) in [6.07, 6.45) is 1.47. The number of rotatable bonds is 7. The molecule has 0 bridgehead atoms. The average molecular weight is 405 g/mol. The molecule has 0 saturated heterocycles. The molecule has 0 atom stereocenters. The molecule has 7 nitrogen and oxygen atoms in total. The molecule has 0 N–H and O–H groups in total. The number of hydrogen-bond donors (Lipinski definition) is 0. The van der Waals surface area contributed by atoms with Gasteiger partial charge in [0.05, 0.1) is 21.3 Å². The zero-order valence-corrected chi connectivity index (χ0v) is 15.8. The number of alkyl halides is 2. The second-order valence-corrected chi connectivity index (χ2v) is 5.70. The molecule has 0 radical (unpaired) electrons. The van der Waals surface area contributed by atoms with Crippen LogP contribution in [0.15, 0.2) is 47.1 Å². The van der Waals surface area contributed by atoms with E-state index in [0.717, 1.165) is 0 Å². The van der Waals surface area contributed by atoms with E-state index in [2.05, 4.69) is 9.73 Å². The van der Waals surface area contributed by atoms with E-state index < -0.39 is 12.6 Å². The Bertz CT molecular complexity index is 944. The topological polar surface area (TPSA) is 75.6 Å². The maximum Gasteiger partial charge on any atom is 0.387 e. The number of halogens is 2. The van der Waals surface area contributed by atoms with Crippen LogP contribution in [-0.2, 0) is 9.53 Å². The van der Waals surface area contributed by atoms with E-state index >= 15 is 0 Å². The number of methoxy groups -OCH3 is 3. The highest BCUT2D eigenvalue weighted by molar-refractivity contribution is 6.13. The fraction of sp³-hybridized carbons (Fsp3) is 0.200. The standard InChI is InChI=1S/C20H17F2NO6/c1-25-15-9-12(10-16(26-2)17(15)27-3)18-23-14(19(24)29-18)8-11-4-6-13(7-5-11)28-20(21)22/h4-10,20H,1-3H3. The Hall–Kier alpha value is -3.62. The Labute approximate surface area is 165 Å². The van der Waals surface area contributed by atoms with Crippen molar-refractivity contribution < 1.29 is 37.3 Å². The lowest BCUT2D eigenvalue weighted by Gasteiger charge is -2.13. The maximum atomic E-state index is 12.2. The summed E-state index contributed by atoms with van der Waals surface area (Å²) >= 11 is 0. The van der Waals surface area contributed by atoms with E-state index in [-0.39, 0.29) is 17.3 Å². The smallest absolute Gasteiger partial charge is 0.387 e. The summed E-state index contributed by atoms with van der Waals surface area (Å²) in [7, 11) is 4.41. The summed E-state index contributed by atoms with van der Waals surface area (Å²) in [5.41, 5.74) is 1.07. The van der Waals surface area contributed by atoms with Gasteiger partial charge in [-0.05, 0) is 35.9 Å². The molecule has 0 saturated carbocycles. The van der Waals surface area contributed by atoms with Crippen molar-refractivity contribution in [1.82, 2.24) is 0 Å². The van der Waals surface area contributed by atoms with Gasteiger partial charge < -0.3 is 23.7 Å². The minimum Gasteiger partial charge on any atom is -0.493 e. The molecule has 0 unspecified atom stereocenters. The van der Waals surface area contributed by atoms with Gasteiger partial charge >= 0.3 is 12.6 Å². The molecule has 152 valence electrons. The van der Waals surface area contributed by atoms with E-state index in [4.69, 9.17) is 18.9 Å². The zero-order chi connectivity index (χ0) is 21.0. The Balaban J connectivity index is 1.91. The maximum absolute atomic E-state index is 12.2. The number of esters is 1. The normalized spacial score (nSPS) is 14.6. The fourth-order valence-electron chi connectivity index (χ4n) is 2.64. The van der Waals surface area contributed by atoms with Gasteiger partial charge in [0.1, 0.15) is 5.75 Å². The van der Waals surface area contributed by atoms with Gasteiger partial charge in [-0.15, -0.1) is 0 Å². The molecule has 2 aromatic rings. The van der Waals surface area contributed by atoms with E-state index in [9.17, 15) is 13.6 Å². The van der Waals surface area contributed by atoms with Crippen LogP contribution in [0, 0.1) is 0 Å². The second kappa shape index (κ2) is 8.59. The van der Waals surface area contributed by atoms with Crippen LogP contribution in [0.5, 0.6) is 23.0 Å². The number of carbonyl (C=O) groups excluding carboxylic acids is 1. The van der Waals surface area contributed by atoms with Gasteiger partial charge in [-0.25, -0.2) is 9.79 Å². The van der Waals surface area contributed by atoms with Crippen molar-refractivity contribution in [3.63, 3.8) is 0 Å². The summed E-state index contributed by atoms with van der Waals surface area (Å²) in [5.74, 6) is 0.586. The van der Waals surface area contributed by atoms with Crippen molar-refractivity contribution >= 4 is 17.9 Å². The largest absolute Gasteiger partial charge is 0.493 e. The van der Waals surface area contributed by atoms with Gasteiger partial charge in [0, 0.05) is 5.56 Å². The number of ether oxygens (including phenoxy) is 5. The van der Waals surface area contributed by atoms with Crippen LogP contribution in [-0.4, -0.2) is 39.8 Å². The first kappa shape index (κ1) is 20.1. The number of nitrogens with zero attached hydrogens (tertiary/aromatic N) is 1. The van der Waals surface area contributed by atoms with Crippen LogP contribution in [0.3, 0.4) is 0 Å². The highest BCUT2D eigenvalue weighted by Gasteiger charge is 2.26. The Morgan fingerprint density at radius 1 is 1.00 bits per heavy atom. The molecular weight excluding hydrogens is 388 g/mol. The Kier molecular flexibility index (Phi) is 5.96. The second-order valence-electron chi connectivity index (χ2n) is 5.70. The van der Waals surface area contributed by atoms with Crippen LogP contribution >= 0.6 is 0 Å². The van der Waals surface area contributed by atoms with Gasteiger partial charge in [0.2, 0.25) is 11.6 Å². The number of cyclic esters (lactones) is 1. The average Bonchev–Trinajstić information content (AvgIpc) is 3.08. The lowest BCUT2D eigenvalue weighted by atomic mass is 10.1. The van der Waals surface area contributed by atoms with Crippen LogP contribution in [0.1, 0.15) is 11.1 Å². The van der Waals surface area contributed by atoms with E-state index in [0.29, 0.717) is 28.4 Å². The number of hydrogen-bond acceptors (Lipinski definition) is 7. The first-order valence-electron chi connectivity index (χ1n) is 8.33. The van der Waals surface area contributed by atoms with Gasteiger partial charge in [-0.1, -0.05) is 12.1 Å². The third kappa shape index (κ3) is 4.45. The van der Waals surface area contributed by atoms with Crippen molar-refractivity contribution in [2.24, 2.45) is 4.99 Å². The highest BCUT2D eigenvalue weighted by atomic mass is 19.3. The molecular formula is C20H17F2NO6. The van der Waals surface area contributed by atoms with E-state index in [1.165, 1.54) is 51.7 Å². The monoisotopic (exact) mass is 405 g/mol. The van der Waals surface area contributed by atoms with Crippen molar-refractivity contribution in [2.75, 3.05) is 21.3 Å². The summed E-state index contributed by atoms with van der Waals surface area (Å²) in [6, 6.07) is 8.97. The van der Waals surface area contributed by atoms with Crippen molar-refractivity contribution in [3.05, 3.63) is 53.2 Å². The van der Waals surface area contributed by atoms with Gasteiger partial charge in [0.25, 0.3) is 0 Å². The predicted molar refractivity (Wildman–Crippen MR) is 99.8 cm³/mol. The molecule has 1 aliphatic rings. The number of aliphatic imine (C=N–C) groups is 1. The van der Waals surface area contributed by atoms with Crippen LogP contribution < -0.4 is 18.9 Å². The van der Waals surface area contributed by atoms with Crippen LogP contribution in [0.25, 0.3) is 6.08 Å². The quantitative estimate of drug-likeness (QED) is 0.517. The molecule has 0 aliphatic carbocycles. The number of carbonyl (C=O) groups is 1. The molecule has 0 aromatic heterocycles.